The summed E-state index contributed by atoms with van der Waals surface area (Å²) in [6.07, 6.45) is -3.60. The molecule has 0 aliphatic carbocycles. The quantitative estimate of drug-likeness (QED) is 0.698. The fourth-order valence-corrected chi connectivity index (χ4v) is 3.14. The molecule has 0 aromatic carbocycles. The van der Waals surface area contributed by atoms with Gasteiger partial charge in [-0.15, -0.1) is 11.3 Å². The lowest BCUT2D eigenvalue weighted by Gasteiger charge is -2.11. The number of pyridine rings is 2. The van der Waals surface area contributed by atoms with Gasteiger partial charge in [0.05, 0.1) is 0 Å². The van der Waals surface area contributed by atoms with E-state index in [2.05, 4.69) is 15.3 Å². The molecule has 4 nitrogen and oxygen atoms in total. The highest BCUT2D eigenvalue weighted by Gasteiger charge is 2.33. The number of nitrogens with one attached hydrogen (secondary N) is 1. The van der Waals surface area contributed by atoms with Crippen molar-refractivity contribution in [2.75, 3.05) is 5.32 Å². The van der Waals surface area contributed by atoms with Crippen molar-refractivity contribution in [2.24, 2.45) is 0 Å². The number of amides is 1. The molecular formula is C17H14F3N3OS. The van der Waals surface area contributed by atoms with E-state index >= 15 is 0 Å². The molecule has 130 valence electrons. The Labute approximate surface area is 145 Å². The van der Waals surface area contributed by atoms with E-state index in [1.165, 1.54) is 11.3 Å². The molecule has 3 heterocycles. The van der Waals surface area contributed by atoms with E-state index < -0.39 is 11.9 Å². The van der Waals surface area contributed by atoms with E-state index in [1.807, 2.05) is 6.92 Å². The molecule has 0 atom stereocenters. The van der Waals surface area contributed by atoms with E-state index in [-0.39, 0.29) is 17.4 Å². The van der Waals surface area contributed by atoms with Crippen molar-refractivity contribution in [1.29, 1.82) is 0 Å². The highest BCUT2D eigenvalue weighted by Crippen LogP contribution is 2.36. The fourth-order valence-electron chi connectivity index (χ4n) is 2.39. The maximum atomic E-state index is 13.2. The van der Waals surface area contributed by atoms with Crippen LogP contribution in [0, 0.1) is 0 Å². The molecule has 1 N–H and O–H groups in total. The molecule has 0 saturated heterocycles. The fraction of sp³-hybridized carbons (Fsp3) is 0.235. The summed E-state index contributed by atoms with van der Waals surface area (Å²) >= 11 is 1.34. The molecule has 0 fully saturated rings. The Morgan fingerprint density at radius 2 is 2.04 bits per heavy atom. The van der Waals surface area contributed by atoms with Gasteiger partial charge in [-0.2, -0.15) is 13.2 Å². The molecule has 0 aliphatic rings. The molecule has 0 saturated carbocycles. The average Bonchev–Trinajstić information content (AvgIpc) is 3.07. The van der Waals surface area contributed by atoms with Crippen LogP contribution in [0.2, 0.25) is 0 Å². The third-order valence-corrected chi connectivity index (χ3v) is 4.40. The van der Waals surface area contributed by atoms with Crippen LogP contribution in [0.5, 0.6) is 0 Å². The Morgan fingerprint density at radius 3 is 2.68 bits per heavy atom. The lowest BCUT2D eigenvalue weighted by molar-refractivity contribution is -0.141. The van der Waals surface area contributed by atoms with Crippen LogP contribution in [0.3, 0.4) is 0 Å². The number of hydrogen-bond acceptors (Lipinski definition) is 4. The summed E-state index contributed by atoms with van der Waals surface area (Å²) in [6, 6.07) is 7.75. The first-order valence-electron chi connectivity index (χ1n) is 7.61. The zero-order valence-electron chi connectivity index (χ0n) is 13.2. The molecule has 0 unspecified atom stereocenters. The summed E-state index contributed by atoms with van der Waals surface area (Å²) in [5, 5.41) is 4.88. The van der Waals surface area contributed by atoms with Crippen LogP contribution in [0.15, 0.2) is 35.7 Å². The van der Waals surface area contributed by atoms with Crippen LogP contribution in [-0.4, -0.2) is 15.9 Å². The Balaban J connectivity index is 2.13. The van der Waals surface area contributed by atoms with Crippen LogP contribution in [-0.2, 0) is 11.0 Å². The number of carbonyl (C=O) groups is 1. The van der Waals surface area contributed by atoms with Gasteiger partial charge in [0.15, 0.2) is 5.65 Å². The van der Waals surface area contributed by atoms with Gasteiger partial charge in [-0.3, -0.25) is 4.79 Å². The van der Waals surface area contributed by atoms with Crippen molar-refractivity contribution in [3.63, 3.8) is 0 Å². The summed E-state index contributed by atoms with van der Waals surface area (Å²) in [6.45, 7) is 1.86. The van der Waals surface area contributed by atoms with Crippen molar-refractivity contribution in [2.45, 2.75) is 25.9 Å². The number of anilines is 1. The molecule has 0 spiro atoms. The van der Waals surface area contributed by atoms with E-state index in [0.29, 0.717) is 28.7 Å². The van der Waals surface area contributed by atoms with Gasteiger partial charge in [-0.25, -0.2) is 9.97 Å². The van der Waals surface area contributed by atoms with Crippen molar-refractivity contribution in [3.05, 3.63) is 41.4 Å². The van der Waals surface area contributed by atoms with Crippen molar-refractivity contribution >= 4 is 34.1 Å². The smallest absolute Gasteiger partial charge is 0.311 e. The number of aromatic nitrogens is 2. The predicted octanol–water partition coefficient (Wildman–Crippen LogP) is 5.12. The van der Waals surface area contributed by atoms with E-state index in [0.717, 1.165) is 6.07 Å². The predicted molar refractivity (Wildman–Crippen MR) is 91.4 cm³/mol. The summed E-state index contributed by atoms with van der Waals surface area (Å²) in [4.78, 5) is 20.1. The minimum atomic E-state index is -4.58. The number of halogens is 3. The van der Waals surface area contributed by atoms with E-state index in [4.69, 9.17) is 0 Å². The minimum Gasteiger partial charge on any atom is -0.311 e. The first-order chi connectivity index (χ1) is 11.9. The molecule has 3 rings (SSSR count). The first kappa shape index (κ1) is 17.3. The maximum Gasteiger partial charge on any atom is 0.433 e. The number of thiophene rings is 1. The molecule has 25 heavy (non-hydrogen) atoms. The van der Waals surface area contributed by atoms with Crippen LogP contribution in [0.1, 0.15) is 25.5 Å². The Morgan fingerprint density at radius 1 is 1.24 bits per heavy atom. The van der Waals surface area contributed by atoms with Gasteiger partial charge < -0.3 is 5.32 Å². The maximum absolute atomic E-state index is 13.2. The molecule has 1 amide bonds. The Kier molecular flexibility index (Phi) is 4.71. The SMILES string of the molecule is CCCC(=O)Nc1ccc2c(-c3cccs3)cc(C(F)(F)F)nc2n1. The van der Waals surface area contributed by atoms with Crippen molar-refractivity contribution in [3.8, 4) is 10.4 Å². The average molecular weight is 365 g/mol. The molecule has 0 bridgehead atoms. The summed E-state index contributed by atoms with van der Waals surface area (Å²) < 4.78 is 39.6. The standard InChI is InChI=1S/C17H14F3N3OS/c1-2-4-15(24)22-14-7-6-10-11(12-5-3-8-25-12)9-13(17(18,19)20)21-16(10)23-14/h3,5-9H,2,4H2,1H3,(H,21,22,23,24). The van der Waals surface area contributed by atoms with Crippen LogP contribution < -0.4 is 5.32 Å². The first-order valence-corrected chi connectivity index (χ1v) is 8.49. The van der Waals surface area contributed by atoms with Gasteiger partial charge in [0.25, 0.3) is 0 Å². The van der Waals surface area contributed by atoms with E-state index in [9.17, 15) is 18.0 Å². The van der Waals surface area contributed by atoms with Gasteiger partial charge in [0, 0.05) is 22.2 Å². The second kappa shape index (κ2) is 6.79. The normalized spacial score (nSPS) is 11.7. The van der Waals surface area contributed by atoms with E-state index in [1.54, 1.807) is 29.6 Å². The summed E-state index contributed by atoms with van der Waals surface area (Å²) in [7, 11) is 0. The minimum absolute atomic E-state index is 0.0486. The van der Waals surface area contributed by atoms with Gasteiger partial charge in [-0.1, -0.05) is 13.0 Å². The number of fused-ring (bicyclic) bond motifs is 1. The van der Waals surface area contributed by atoms with Gasteiger partial charge in [0.1, 0.15) is 11.5 Å². The van der Waals surface area contributed by atoms with Crippen LogP contribution in [0.25, 0.3) is 21.5 Å². The zero-order chi connectivity index (χ0) is 18.0. The molecular weight excluding hydrogens is 351 g/mol. The third kappa shape index (κ3) is 3.79. The summed E-state index contributed by atoms with van der Waals surface area (Å²) in [5.74, 6) is -0.0466. The second-order valence-corrected chi connectivity index (χ2v) is 6.34. The molecule has 0 radical (unpaired) electrons. The highest BCUT2D eigenvalue weighted by atomic mass is 32.1. The van der Waals surface area contributed by atoms with Crippen LogP contribution in [0.4, 0.5) is 19.0 Å². The largest absolute Gasteiger partial charge is 0.433 e. The topological polar surface area (TPSA) is 54.9 Å². The number of rotatable bonds is 4. The molecule has 8 heteroatoms. The zero-order valence-corrected chi connectivity index (χ0v) is 14.0. The van der Waals surface area contributed by atoms with Gasteiger partial charge >= 0.3 is 6.18 Å². The van der Waals surface area contributed by atoms with Crippen molar-refractivity contribution in [1.82, 2.24) is 9.97 Å². The number of carbonyl (C=O) groups excluding carboxylic acids is 1. The Hall–Kier alpha value is -2.48. The highest BCUT2D eigenvalue weighted by molar-refractivity contribution is 7.13. The summed E-state index contributed by atoms with van der Waals surface area (Å²) in [5.41, 5.74) is -0.633. The molecule has 3 aromatic heterocycles. The number of alkyl halides is 3. The lowest BCUT2D eigenvalue weighted by Crippen LogP contribution is -2.13. The second-order valence-electron chi connectivity index (χ2n) is 5.40. The van der Waals surface area contributed by atoms with Crippen LogP contribution >= 0.6 is 11.3 Å². The molecule has 0 aliphatic heterocycles. The Bertz CT molecular complexity index is 907. The van der Waals surface area contributed by atoms with Gasteiger partial charge in [-0.05, 0) is 36.1 Å². The number of hydrogen-bond donors (Lipinski definition) is 1. The van der Waals surface area contributed by atoms with Crippen molar-refractivity contribution < 1.29 is 18.0 Å². The molecule has 3 aromatic rings. The van der Waals surface area contributed by atoms with Gasteiger partial charge in [0.2, 0.25) is 5.91 Å². The number of nitrogens with zero attached hydrogens (tertiary/aromatic N) is 2. The monoisotopic (exact) mass is 365 g/mol. The third-order valence-electron chi connectivity index (χ3n) is 3.49. The lowest BCUT2D eigenvalue weighted by atomic mass is 10.1.